The molecule has 264 valence electrons. The number of carbonyl (C=O) groups excluding carboxylic acids is 1. The molecule has 0 spiro atoms. The van der Waals surface area contributed by atoms with E-state index in [1.54, 1.807) is 31.3 Å². The van der Waals surface area contributed by atoms with Gasteiger partial charge >= 0.3 is 12.2 Å². The maximum absolute atomic E-state index is 14.8. The lowest BCUT2D eigenvalue weighted by Crippen LogP contribution is -2.65. The van der Waals surface area contributed by atoms with Gasteiger partial charge in [0.25, 0.3) is 5.91 Å². The second-order valence-corrected chi connectivity index (χ2v) is 13.6. The summed E-state index contributed by atoms with van der Waals surface area (Å²) in [5, 5.41) is 20.3. The van der Waals surface area contributed by atoms with Crippen molar-refractivity contribution in [2.24, 2.45) is 0 Å². The molecule has 2 N–H and O–H groups in total. The van der Waals surface area contributed by atoms with Crippen LogP contribution in [0.1, 0.15) is 42.4 Å². The highest BCUT2D eigenvalue weighted by Crippen LogP contribution is 2.41. The molecule has 1 aliphatic carbocycles. The second kappa shape index (κ2) is 15.0. The summed E-state index contributed by atoms with van der Waals surface area (Å²) in [6, 6.07) is 15.9. The number of fused-ring (bicyclic) bond motifs is 2. The SMILES string of the molecule is COc1cc(CN(C(=O)C2=C(c3ccc(CCCOc4cc(F)ccc4Br)cc3)C[C@@H]3CN(C(=O)O)C[C@H]2N3C(=O)O)C2CC2)cc(OC)c1. The van der Waals surface area contributed by atoms with Gasteiger partial charge in [-0.3, -0.25) is 9.69 Å². The van der Waals surface area contributed by atoms with Crippen LogP contribution in [0.3, 0.4) is 0 Å². The lowest BCUT2D eigenvalue weighted by molar-refractivity contribution is -0.129. The minimum atomic E-state index is -1.19. The van der Waals surface area contributed by atoms with Crippen LogP contribution in [0.25, 0.3) is 5.57 Å². The van der Waals surface area contributed by atoms with Crippen molar-refractivity contribution < 1.29 is 43.2 Å². The number of ether oxygens (including phenoxy) is 3. The molecule has 1 saturated carbocycles. The Kier molecular flexibility index (Phi) is 10.5. The van der Waals surface area contributed by atoms with Crippen LogP contribution in [-0.2, 0) is 17.8 Å². The predicted octanol–water partition coefficient (Wildman–Crippen LogP) is 6.68. The summed E-state index contributed by atoms with van der Waals surface area (Å²) in [6.45, 7) is 0.497. The maximum atomic E-state index is 14.8. The van der Waals surface area contributed by atoms with Crippen molar-refractivity contribution in [1.82, 2.24) is 14.7 Å². The summed E-state index contributed by atoms with van der Waals surface area (Å²) < 4.78 is 31.0. The number of halogens is 2. The Morgan fingerprint density at radius 2 is 1.62 bits per heavy atom. The Morgan fingerprint density at radius 3 is 2.24 bits per heavy atom. The highest BCUT2D eigenvalue weighted by atomic mass is 79.9. The van der Waals surface area contributed by atoms with Gasteiger partial charge in [-0.1, -0.05) is 24.3 Å². The molecule has 50 heavy (non-hydrogen) atoms. The molecule has 3 aromatic carbocycles. The Hall–Kier alpha value is -4.78. The Balaban J connectivity index is 1.30. The number of aryl methyl sites for hydroxylation is 1. The number of amides is 3. The van der Waals surface area contributed by atoms with E-state index >= 15 is 0 Å². The van der Waals surface area contributed by atoms with E-state index in [1.807, 2.05) is 36.4 Å². The average Bonchev–Trinajstić information content (AvgIpc) is 3.95. The number of carbonyl (C=O) groups is 3. The number of hydrogen-bond donors (Lipinski definition) is 2. The second-order valence-electron chi connectivity index (χ2n) is 12.8. The van der Waals surface area contributed by atoms with Gasteiger partial charge in [-0.15, -0.1) is 0 Å². The van der Waals surface area contributed by atoms with E-state index in [2.05, 4.69) is 15.9 Å². The minimum absolute atomic E-state index is 0.0125. The highest BCUT2D eigenvalue weighted by molar-refractivity contribution is 9.10. The third kappa shape index (κ3) is 7.67. The van der Waals surface area contributed by atoms with E-state index in [-0.39, 0.29) is 43.8 Å². The van der Waals surface area contributed by atoms with E-state index in [0.717, 1.165) is 35.1 Å². The normalized spacial score (nSPS) is 18.5. The molecular weight excluding hydrogens is 713 g/mol. The molecule has 0 unspecified atom stereocenters. The number of carboxylic acid groups (broad SMARTS) is 2. The molecule has 3 amide bonds. The molecule has 6 rings (SSSR count). The van der Waals surface area contributed by atoms with Crippen molar-refractivity contribution in [2.75, 3.05) is 33.9 Å². The number of rotatable bonds is 12. The first-order chi connectivity index (χ1) is 24.1. The number of benzene rings is 3. The first kappa shape index (κ1) is 35.1. The zero-order valence-corrected chi connectivity index (χ0v) is 29.4. The lowest BCUT2D eigenvalue weighted by Gasteiger charge is -2.49. The molecule has 3 aromatic rings. The third-order valence-electron chi connectivity index (χ3n) is 9.45. The van der Waals surface area contributed by atoms with Gasteiger partial charge in [0.15, 0.2) is 0 Å². The molecule has 2 heterocycles. The molecule has 2 aliphatic heterocycles. The van der Waals surface area contributed by atoms with Crippen LogP contribution < -0.4 is 14.2 Å². The first-order valence-electron chi connectivity index (χ1n) is 16.5. The summed E-state index contributed by atoms with van der Waals surface area (Å²) in [7, 11) is 3.11. The summed E-state index contributed by atoms with van der Waals surface area (Å²) in [5.74, 6) is 0.919. The van der Waals surface area contributed by atoms with E-state index in [1.165, 1.54) is 21.9 Å². The van der Waals surface area contributed by atoms with Crippen molar-refractivity contribution in [3.63, 3.8) is 0 Å². The zero-order valence-electron chi connectivity index (χ0n) is 27.8. The third-order valence-corrected chi connectivity index (χ3v) is 10.1. The molecule has 2 fully saturated rings. The average molecular weight is 753 g/mol. The van der Waals surface area contributed by atoms with Crippen molar-refractivity contribution in [3.8, 4) is 17.2 Å². The molecule has 0 aromatic heterocycles. The van der Waals surface area contributed by atoms with Crippen LogP contribution in [0.4, 0.5) is 14.0 Å². The van der Waals surface area contributed by atoms with Crippen LogP contribution in [0.15, 0.2) is 70.7 Å². The summed E-state index contributed by atoms with van der Waals surface area (Å²) in [6.07, 6.45) is 0.845. The summed E-state index contributed by atoms with van der Waals surface area (Å²) in [5.41, 5.74) is 3.65. The van der Waals surface area contributed by atoms with Gasteiger partial charge in [0.2, 0.25) is 0 Å². The van der Waals surface area contributed by atoms with Crippen molar-refractivity contribution in [1.29, 1.82) is 0 Å². The minimum Gasteiger partial charge on any atom is -0.497 e. The number of hydrogen-bond acceptors (Lipinski definition) is 6. The Labute approximate surface area is 297 Å². The fourth-order valence-electron chi connectivity index (χ4n) is 6.88. The topological polar surface area (TPSA) is 129 Å². The quantitative estimate of drug-likeness (QED) is 0.196. The molecule has 2 bridgehead atoms. The summed E-state index contributed by atoms with van der Waals surface area (Å²) >= 11 is 3.38. The smallest absolute Gasteiger partial charge is 0.408 e. The molecule has 13 heteroatoms. The van der Waals surface area contributed by atoms with Gasteiger partial charge < -0.3 is 34.2 Å². The van der Waals surface area contributed by atoms with Gasteiger partial charge in [-0.05, 0) is 94.6 Å². The van der Waals surface area contributed by atoms with Gasteiger partial charge in [0.05, 0.1) is 37.4 Å². The molecule has 2 atom stereocenters. The van der Waals surface area contributed by atoms with Crippen molar-refractivity contribution in [2.45, 2.75) is 56.8 Å². The fourth-order valence-corrected chi connectivity index (χ4v) is 7.24. The van der Waals surface area contributed by atoms with E-state index in [9.17, 15) is 29.0 Å². The van der Waals surface area contributed by atoms with Crippen LogP contribution in [-0.4, -0.2) is 95.0 Å². The fraction of sp³-hybridized carbons (Fsp3) is 0.378. The molecule has 3 aliphatic rings. The van der Waals surface area contributed by atoms with Crippen LogP contribution in [0.2, 0.25) is 0 Å². The van der Waals surface area contributed by atoms with Crippen molar-refractivity contribution >= 4 is 39.6 Å². The van der Waals surface area contributed by atoms with E-state index in [0.29, 0.717) is 46.7 Å². The van der Waals surface area contributed by atoms with Crippen LogP contribution in [0.5, 0.6) is 17.2 Å². The van der Waals surface area contributed by atoms with Gasteiger partial charge in [0, 0.05) is 43.4 Å². The van der Waals surface area contributed by atoms with E-state index in [4.69, 9.17) is 14.2 Å². The molecule has 0 radical (unpaired) electrons. The van der Waals surface area contributed by atoms with Crippen LogP contribution in [0, 0.1) is 5.82 Å². The summed E-state index contributed by atoms with van der Waals surface area (Å²) in [4.78, 5) is 43.9. The largest absolute Gasteiger partial charge is 0.497 e. The lowest BCUT2D eigenvalue weighted by atomic mass is 9.81. The Morgan fingerprint density at radius 1 is 0.920 bits per heavy atom. The molecule has 11 nitrogen and oxygen atoms in total. The number of methoxy groups -OCH3 is 2. The monoisotopic (exact) mass is 751 g/mol. The zero-order chi connectivity index (χ0) is 35.5. The van der Waals surface area contributed by atoms with E-state index < -0.39 is 24.3 Å². The number of piperazine rings is 1. The van der Waals surface area contributed by atoms with Gasteiger partial charge in [-0.25, -0.2) is 14.0 Å². The first-order valence-corrected chi connectivity index (χ1v) is 17.3. The standard InChI is InChI=1S/C37H39BrFN3O8/c1-48-28-14-23(15-29(18-28)49-2)19-41(26-10-11-26)35(43)34-30(17-27-20-40(36(44)45)21-32(34)42(27)37(46)47)24-7-5-22(6-8-24)4-3-13-50-33-16-25(39)9-12-31(33)38/h5-9,12,14-16,18,26-27,32H,3-4,10-11,13,17,19-21H2,1-2H3,(H,44,45)(H,46,47)/t27-,32-/m1/s1. The number of nitrogens with zero attached hydrogens (tertiary/aromatic N) is 3. The molecular formula is C37H39BrFN3O8. The predicted molar refractivity (Wildman–Crippen MR) is 186 cm³/mol. The molecule has 1 saturated heterocycles. The highest BCUT2D eigenvalue weighted by Gasteiger charge is 2.49. The van der Waals surface area contributed by atoms with Gasteiger partial charge in [0.1, 0.15) is 23.1 Å². The van der Waals surface area contributed by atoms with Gasteiger partial charge in [-0.2, -0.15) is 0 Å². The Bertz CT molecular complexity index is 1780. The maximum Gasteiger partial charge on any atom is 0.408 e. The van der Waals surface area contributed by atoms with Crippen LogP contribution >= 0.6 is 15.9 Å². The van der Waals surface area contributed by atoms with Crippen molar-refractivity contribution in [3.05, 3.63) is 93.2 Å².